The van der Waals surface area contributed by atoms with Gasteiger partial charge < -0.3 is 24.3 Å². The summed E-state index contributed by atoms with van der Waals surface area (Å²) >= 11 is 0. The molecule has 1 amide bonds. The van der Waals surface area contributed by atoms with Crippen LogP contribution in [0.3, 0.4) is 0 Å². The second-order valence-corrected chi connectivity index (χ2v) is 8.59. The summed E-state index contributed by atoms with van der Waals surface area (Å²) in [6.45, 7) is 8.09. The van der Waals surface area contributed by atoms with Gasteiger partial charge in [0.25, 0.3) is 0 Å². The van der Waals surface area contributed by atoms with E-state index in [4.69, 9.17) is 14.5 Å². The molecule has 1 aromatic carbocycles. The number of amides is 1. The van der Waals surface area contributed by atoms with Crippen molar-refractivity contribution in [1.82, 2.24) is 4.90 Å². The smallest absolute Gasteiger partial charge is 0.410 e. The Morgan fingerprint density at radius 3 is 2.12 bits per heavy atom. The van der Waals surface area contributed by atoms with E-state index in [2.05, 4.69) is 4.90 Å². The molecule has 0 atom stereocenters. The summed E-state index contributed by atoms with van der Waals surface area (Å²) in [6.07, 6.45) is -0.543. The SMILES string of the molecule is CC(C)(C)OC(=O)N1CCN(c2ccc(CP(=O)(O)O)cc2)CC1. The number of hydrogen-bond donors (Lipinski definition) is 2. The number of anilines is 1. The number of benzene rings is 1. The predicted molar refractivity (Wildman–Crippen MR) is 92.2 cm³/mol. The van der Waals surface area contributed by atoms with Crippen LogP contribution in [-0.2, 0) is 15.5 Å². The van der Waals surface area contributed by atoms with Gasteiger partial charge in [0.1, 0.15) is 5.60 Å². The summed E-state index contributed by atoms with van der Waals surface area (Å²) in [5, 5.41) is 0. The summed E-state index contributed by atoms with van der Waals surface area (Å²) in [5.74, 6) is 0. The van der Waals surface area contributed by atoms with Crippen LogP contribution in [0.15, 0.2) is 24.3 Å². The molecule has 1 fully saturated rings. The van der Waals surface area contributed by atoms with Gasteiger partial charge in [-0.2, -0.15) is 0 Å². The molecule has 1 heterocycles. The molecule has 0 aromatic heterocycles. The van der Waals surface area contributed by atoms with Crippen LogP contribution in [0, 0.1) is 0 Å². The zero-order valence-corrected chi connectivity index (χ0v) is 15.2. The lowest BCUT2D eigenvalue weighted by atomic mass is 10.2. The lowest BCUT2D eigenvalue weighted by Crippen LogP contribution is -2.50. The maximum absolute atomic E-state index is 12.0. The van der Waals surface area contributed by atoms with E-state index in [1.54, 1.807) is 17.0 Å². The highest BCUT2D eigenvalue weighted by atomic mass is 31.2. The first-order chi connectivity index (χ1) is 11.0. The van der Waals surface area contributed by atoms with Crippen molar-refractivity contribution in [2.45, 2.75) is 32.5 Å². The zero-order chi connectivity index (χ0) is 18.0. The standard InChI is InChI=1S/C16H25N2O5P/c1-16(2,3)23-15(19)18-10-8-17(9-11-18)14-6-4-13(5-7-14)12-24(20,21)22/h4-7H,8-12H2,1-3H3,(H2,20,21,22). The molecule has 134 valence electrons. The van der Waals surface area contributed by atoms with Crippen molar-refractivity contribution in [2.24, 2.45) is 0 Å². The fourth-order valence-corrected chi connectivity index (χ4v) is 3.21. The summed E-state index contributed by atoms with van der Waals surface area (Å²) in [6, 6.07) is 7.17. The van der Waals surface area contributed by atoms with E-state index < -0.39 is 13.2 Å². The van der Waals surface area contributed by atoms with Crippen LogP contribution in [0.2, 0.25) is 0 Å². The van der Waals surface area contributed by atoms with Gasteiger partial charge in [-0.05, 0) is 38.5 Å². The molecule has 0 spiro atoms. The van der Waals surface area contributed by atoms with Gasteiger partial charge in [-0.3, -0.25) is 4.57 Å². The molecule has 0 saturated carbocycles. The Bertz CT molecular complexity index is 612. The molecular weight excluding hydrogens is 331 g/mol. The fraction of sp³-hybridized carbons (Fsp3) is 0.562. The maximum Gasteiger partial charge on any atom is 0.410 e. The number of nitrogens with zero attached hydrogens (tertiary/aromatic N) is 2. The van der Waals surface area contributed by atoms with E-state index in [0.717, 1.165) is 5.69 Å². The van der Waals surface area contributed by atoms with Gasteiger partial charge in [-0.15, -0.1) is 0 Å². The van der Waals surface area contributed by atoms with E-state index in [1.165, 1.54) is 0 Å². The van der Waals surface area contributed by atoms with Gasteiger partial charge >= 0.3 is 13.7 Å². The third-order valence-corrected chi connectivity index (χ3v) is 4.40. The maximum atomic E-state index is 12.0. The van der Waals surface area contributed by atoms with Crippen LogP contribution in [-0.4, -0.2) is 52.6 Å². The Hall–Kier alpha value is -1.56. The number of rotatable bonds is 3. The lowest BCUT2D eigenvalue weighted by molar-refractivity contribution is 0.0240. The Morgan fingerprint density at radius 2 is 1.67 bits per heavy atom. The van der Waals surface area contributed by atoms with Crippen molar-refractivity contribution >= 4 is 19.4 Å². The first-order valence-corrected chi connectivity index (χ1v) is 9.70. The number of carbonyl (C=O) groups is 1. The fourth-order valence-electron chi connectivity index (χ4n) is 2.52. The van der Waals surface area contributed by atoms with Crippen LogP contribution in [0.25, 0.3) is 0 Å². The third-order valence-electron chi connectivity index (χ3n) is 3.62. The minimum Gasteiger partial charge on any atom is -0.444 e. The molecule has 0 unspecified atom stereocenters. The van der Waals surface area contributed by atoms with Gasteiger partial charge in [-0.25, -0.2) is 4.79 Å². The molecule has 0 bridgehead atoms. The van der Waals surface area contributed by atoms with E-state index in [0.29, 0.717) is 31.7 Å². The number of piperazine rings is 1. The highest BCUT2D eigenvalue weighted by molar-refractivity contribution is 7.50. The highest BCUT2D eigenvalue weighted by Gasteiger charge is 2.26. The Labute approximate surface area is 142 Å². The predicted octanol–water partition coefficient (Wildman–Crippen LogP) is 2.42. The highest BCUT2D eigenvalue weighted by Crippen LogP contribution is 2.39. The molecule has 1 saturated heterocycles. The van der Waals surface area contributed by atoms with E-state index >= 15 is 0 Å². The van der Waals surface area contributed by atoms with Crippen molar-refractivity contribution in [3.8, 4) is 0 Å². The number of carbonyl (C=O) groups excluding carboxylic acids is 1. The molecule has 0 radical (unpaired) electrons. The largest absolute Gasteiger partial charge is 0.444 e. The van der Waals surface area contributed by atoms with Crippen LogP contribution >= 0.6 is 7.60 Å². The van der Waals surface area contributed by atoms with Crippen molar-refractivity contribution in [1.29, 1.82) is 0 Å². The van der Waals surface area contributed by atoms with Crippen LogP contribution in [0.5, 0.6) is 0 Å². The van der Waals surface area contributed by atoms with Crippen molar-refractivity contribution < 1.29 is 23.9 Å². The van der Waals surface area contributed by atoms with Crippen LogP contribution in [0.4, 0.5) is 10.5 Å². The monoisotopic (exact) mass is 356 g/mol. The lowest BCUT2D eigenvalue weighted by Gasteiger charge is -2.36. The summed E-state index contributed by atoms with van der Waals surface area (Å²) in [5.41, 5.74) is 1.09. The van der Waals surface area contributed by atoms with E-state index in [9.17, 15) is 9.36 Å². The quantitative estimate of drug-likeness (QED) is 0.809. The second kappa shape index (κ2) is 7.13. The van der Waals surface area contributed by atoms with Gasteiger partial charge in [0.05, 0.1) is 6.16 Å². The average molecular weight is 356 g/mol. The first-order valence-electron chi connectivity index (χ1n) is 7.90. The average Bonchev–Trinajstić information content (AvgIpc) is 2.45. The van der Waals surface area contributed by atoms with Crippen molar-refractivity contribution in [2.75, 3.05) is 31.1 Å². The van der Waals surface area contributed by atoms with Crippen molar-refractivity contribution in [3.63, 3.8) is 0 Å². The molecule has 1 aliphatic rings. The number of ether oxygens (including phenoxy) is 1. The summed E-state index contributed by atoms with van der Waals surface area (Å²) in [7, 11) is -4.04. The van der Waals surface area contributed by atoms with E-state index in [-0.39, 0.29) is 12.3 Å². The topological polar surface area (TPSA) is 90.3 Å². The minimum absolute atomic E-state index is 0.250. The normalized spacial score (nSPS) is 16.2. The van der Waals surface area contributed by atoms with Crippen molar-refractivity contribution in [3.05, 3.63) is 29.8 Å². The minimum atomic E-state index is -4.04. The van der Waals surface area contributed by atoms with E-state index in [1.807, 2.05) is 32.9 Å². The zero-order valence-electron chi connectivity index (χ0n) is 14.3. The molecule has 7 nitrogen and oxygen atoms in total. The molecule has 1 aromatic rings. The molecule has 24 heavy (non-hydrogen) atoms. The molecule has 8 heteroatoms. The van der Waals surface area contributed by atoms with Gasteiger partial charge in [0.15, 0.2) is 0 Å². The number of hydrogen-bond acceptors (Lipinski definition) is 4. The third kappa shape index (κ3) is 5.82. The molecular formula is C16H25N2O5P. The molecule has 2 N–H and O–H groups in total. The molecule has 0 aliphatic carbocycles. The molecule has 2 rings (SSSR count). The van der Waals surface area contributed by atoms with Gasteiger partial charge in [0.2, 0.25) is 0 Å². The first kappa shape index (κ1) is 18.8. The summed E-state index contributed by atoms with van der Waals surface area (Å²) < 4.78 is 16.4. The second-order valence-electron chi connectivity index (χ2n) is 6.94. The van der Waals surface area contributed by atoms with Gasteiger partial charge in [0, 0.05) is 31.9 Å². The Kier molecular flexibility index (Phi) is 5.58. The Morgan fingerprint density at radius 1 is 1.12 bits per heavy atom. The molecule has 1 aliphatic heterocycles. The van der Waals surface area contributed by atoms with Crippen LogP contribution in [0.1, 0.15) is 26.3 Å². The van der Waals surface area contributed by atoms with Crippen LogP contribution < -0.4 is 4.90 Å². The summed E-state index contributed by atoms with van der Waals surface area (Å²) in [4.78, 5) is 33.9. The Balaban J connectivity index is 1.90. The van der Waals surface area contributed by atoms with Gasteiger partial charge in [-0.1, -0.05) is 12.1 Å².